The third-order valence-electron chi connectivity index (χ3n) is 3.56. The summed E-state index contributed by atoms with van der Waals surface area (Å²) in [5.74, 6) is -0.582. The number of hydrogen-bond acceptors (Lipinski definition) is 3. The Kier molecular flexibility index (Phi) is 2.60. The summed E-state index contributed by atoms with van der Waals surface area (Å²) < 4.78 is 5.27. The molecule has 2 aliphatic rings. The zero-order valence-corrected chi connectivity index (χ0v) is 10.5. The summed E-state index contributed by atoms with van der Waals surface area (Å²) in [6.45, 7) is 5.87. The number of likely N-dealkylation sites (tertiary alicyclic amines) is 1. The van der Waals surface area contributed by atoms with E-state index in [1.807, 2.05) is 0 Å². The van der Waals surface area contributed by atoms with Gasteiger partial charge in [0, 0.05) is 6.54 Å². The van der Waals surface area contributed by atoms with Crippen molar-refractivity contribution in [1.29, 1.82) is 0 Å². The molecule has 0 radical (unpaired) electrons. The molecule has 1 aliphatic heterocycles. The highest BCUT2D eigenvalue weighted by Gasteiger charge is 2.58. The molecule has 0 unspecified atom stereocenters. The van der Waals surface area contributed by atoms with Gasteiger partial charge in [-0.25, -0.2) is 9.59 Å². The number of carbonyl (C=O) groups excluding carboxylic acids is 1. The van der Waals surface area contributed by atoms with E-state index in [0.29, 0.717) is 25.3 Å². The second-order valence-corrected chi connectivity index (χ2v) is 6.04. The highest BCUT2D eigenvalue weighted by atomic mass is 16.6. The Hall–Kier alpha value is -1.26. The summed E-state index contributed by atoms with van der Waals surface area (Å²) >= 11 is 0. The Labute approximate surface area is 101 Å². The number of rotatable bonds is 1. The van der Waals surface area contributed by atoms with Gasteiger partial charge in [-0.2, -0.15) is 0 Å². The molecule has 5 heteroatoms. The second kappa shape index (κ2) is 3.62. The molecule has 0 aromatic carbocycles. The SMILES string of the molecule is CC(C)(C)OC(=O)N1C[C@H]2CC[C@]1(C(=O)O)C2. The number of fused-ring (bicyclic) bond motifs is 2. The molecule has 2 fully saturated rings. The molecular weight excluding hydrogens is 222 g/mol. The van der Waals surface area contributed by atoms with Gasteiger partial charge in [0.2, 0.25) is 0 Å². The molecule has 96 valence electrons. The minimum atomic E-state index is -1.01. The number of aliphatic carboxylic acids is 1. The molecule has 0 aromatic rings. The molecule has 1 saturated carbocycles. The van der Waals surface area contributed by atoms with Gasteiger partial charge in [-0.15, -0.1) is 0 Å². The number of hydrogen-bond donors (Lipinski definition) is 1. The Balaban J connectivity index is 2.17. The lowest BCUT2D eigenvalue weighted by Crippen LogP contribution is -2.54. The quantitative estimate of drug-likeness (QED) is 0.761. The van der Waals surface area contributed by atoms with Crippen LogP contribution < -0.4 is 0 Å². The first-order valence-corrected chi connectivity index (χ1v) is 5.99. The van der Waals surface area contributed by atoms with Crippen LogP contribution in [0.3, 0.4) is 0 Å². The number of piperidine rings is 1. The van der Waals surface area contributed by atoms with Gasteiger partial charge in [-0.1, -0.05) is 0 Å². The van der Waals surface area contributed by atoms with Gasteiger partial charge < -0.3 is 9.84 Å². The van der Waals surface area contributed by atoms with Crippen LogP contribution in [0.1, 0.15) is 40.0 Å². The van der Waals surface area contributed by atoms with Crippen LogP contribution in [0.25, 0.3) is 0 Å². The van der Waals surface area contributed by atoms with Crippen molar-refractivity contribution in [2.24, 2.45) is 5.92 Å². The van der Waals surface area contributed by atoms with E-state index in [-0.39, 0.29) is 0 Å². The van der Waals surface area contributed by atoms with E-state index >= 15 is 0 Å². The lowest BCUT2D eigenvalue weighted by atomic mass is 9.98. The van der Waals surface area contributed by atoms with E-state index in [9.17, 15) is 14.7 Å². The van der Waals surface area contributed by atoms with E-state index in [1.165, 1.54) is 4.90 Å². The molecule has 2 bridgehead atoms. The average Bonchev–Trinajstić information content (AvgIpc) is 2.72. The molecule has 17 heavy (non-hydrogen) atoms. The van der Waals surface area contributed by atoms with Crippen molar-refractivity contribution >= 4 is 12.1 Å². The van der Waals surface area contributed by atoms with E-state index in [0.717, 1.165) is 6.42 Å². The molecule has 1 heterocycles. The van der Waals surface area contributed by atoms with Crippen LogP contribution >= 0.6 is 0 Å². The van der Waals surface area contributed by atoms with E-state index in [1.54, 1.807) is 20.8 Å². The van der Waals surface area contributed by atoms with Crippen molar-refractivity contribution in [1.82, 2.24) is 4.90 Å². The lowest BCUT2D eigenvalue weighted by Gasteiger charge is -2.36. The molecule has 0 aromatic heterocycles. The summed E-state index contributed by atoms with van der Waals surface area (Å²) in [6.07, 6.45) is 1.52. The number of nitrogens with zero attached hydrogens (tertiary/aromatic N) is 1. The third-order valence-corrected chi connectivity index (χ3v) is 3.56. The molecule has 1 aliphatic carbocycles. The predicted molar refractivity (Wildman–Crippen MR) is 60.6 cm³/mol. The van der Waals surface area contributed by atoms with Crippen LogP contribution in [-0.2, 0) is 9.53 Å². The fraction of sp³-hybridized carbons (Fsp3) is 0.833. The normalized spacial score (nSPS) is 31.7. The van der Waals surface area contributed by atoms with Crippen molar-refractivity contribution in [3.8, 4) is 0 Å². The van der Waals surface area contributed by atoms with Gasteiger partial charge in [-0.3, -0.25) is 4.90 Å². The zero-order valence-electron chi connectivity index (χ0n) is 10.5. The third kappa shape index (κ3) is 1.98. The predicted octanol–water partition coefficient (Wildman–Crippen LogP) is 1.86. The maximum absolute atomic E-state index is 12.0. The summed E-state index contributed by atoms with van der Waals surface area (Å²) in [6, 6.07) is 0. The minimum Gasteiger partial charge on any atom is -0.479 e. The van der Waals surface area contributed by atoms with Gasteiger partial charge in [0.05, 0.1) is 0 Å². The van der Waals surface area contributed by atoms with Crippen molar-refractivity contribution in [3.05, 3.63) is 0 Å². The van der Waals surface area contributed by atoms with Crippen molar-refractivity contribution in [2.45, 2.75) is 51.2 Å². The van der Waals surface area contributed by atoms with Gasteiger partial charge >= 0.3 is 12.1 Å². The van der Waals surface area contributed by atoms with Gasteiger partial charge in [-0.05, 0) is 46.0 Å². The minimum absolute atomic E-state index is 0.318. The fourth-order valence-corrected chi connectivity index (χ4v) is 2.83. The monoisotopic (exact) mass is 241 g/mol. The molecule has 1 amide bonds. The second-order valence-electron chi connectivity index (χ2n) is 6.04. The lowest BCUT2D eigenvalue weighted by molar-refractivity contribution is -0.149. The van der Waals surface area contributed by atoms with Gasteiger partial charge in [0.15, 0.2) is 0 Å². The maximum Gasteiger partial charge on any atom is 0.411 e. The molecule has 1 saturated heterocycles. The van der Waals surface area contributed by atoms with Crippen LogP contribution in [0.4, 0.5) is 4.79 Å². The average molecular weight is 241 g/mol. The van der Waals surface area contributed by atoms with Crippen LogP contribution in [0, 0.1) is 5.92 Å². The van der Waals surface area contributed by atoms with Crippen molar-refractivity contribution in [3.63, 3.8) is 0 Å². The Morgan fingerprint density at radius 1 is 1.41 bits per heavy atom. The van der Waals surface area contributed by atoms with Gasteiger partial charge in [0.25, 0.3) is 0 Å². The van der Waals surface area contributed by atoms with E-state index in [2.05, 4.69) is 0 Å². The number of carboxylic acids is 1. The maximum atomic E-state index is 12.0. The Morgan fingerprint density at radius 2 is 2.06 bits per heavy atom. The molecule has 1 N–H and O–H groups in total. The topological polar surface area (TPSA) is 66.8 Å². The highest BCUT2D eigenvalue weighted by molar-refractivity contribution is 5.86. The van der Waals surface area contributed by atoms with Crippen LogP contribution in [0.5, 0.6) is 0 Å². The largest absolute Gasteiger partial charge is 0.479 e. The fourth-order valence-electron chi connectivity index (χ4n) is 2.83. The van der Waals surface area contributed by atoms with Crippen LogP contribution in [0.2, 0.25) is 0 Å². The number of amides is 1. The van der Waals surface area contributed by atoms with Gasteiger partial charge in [0.1, 0.15) is 11.1 Å². The highest BCUT2D eigenvalue weighted by Crippen LogP contribution is 2.47. The Morgan fingerprint density at radius 3 is 2.53 bits per heavy atom. The van der Waals surface area contributed by atoms with Crippen molar-refractivity contribution in [2.75, 3.05) is 6.54 Å². The van der Waals surface area contributed by atoms with Crippen LogP contribution in [0.15, 0.2) is 0 Å². The molecule has 2 atom stereocenters. The molecular formula is C12H19NO4. The summed E-state index contributed by atoms with van der Waals surface area (Å²) in [5, 5.41) is 9.36. The Bertz CT molecular complexity index is 360. The van der Waals surface area contributed by atoms with Crippen LogP contribution in [-0.4, -0.2) is 39.8 Å². The summed E-state index contributed by atoms with van der Waals surface area (Å²) in [4.78, 5) is 24.8. The van der Waals surface area contributed by atoms with E-state index in [4.69, 9.17) is 4.74 Å². The molecule has 2 rings (SSSR count). The number of carboxylic acid groups (broad SMARTS) is 1. The standard InChI is InChI=1S/C12H19NO4/c1-11(2,3)17-10(16)13-7-8-4-5-12(13,6-8)9(14)15/h8H,4-7H2,1-3H3,(H,14,15)/t8-,12+/m0/s1. The smallest absolute Gasteiger partial charge is 0.411 e. The first kappa shape index (κ1) is 12.2. The first-order chi connectivity index (χ1) is 7.74. The van der Waals surface area contributed by atoms with Crippen molar-refractivity contribution < 1.29 is 19.4 Å². The van der Waals surface area contributed by atoms with E-state index < -0.39 is 23.2 Å². The summed E-state index contributed by atoms with van der Waals surface area (Å²) in [5.41, 5.74) is -1.59. The molecule has 0 spiro atoms. The number of carbonyl (C=O) groups is 2. The number of ether oxygens (including phenoxy) is 1. The summed E-state index contributed by atoms with van der Waals surface area (Å²) in [7, 11) is 0. The molecule has 5 nitrogen and oxygen atoms in total. The zero-order chi connectivity index (χ0) is 12.8. The first-order valence-electron chi connectivity index (χ1n) is 5.99.